The Kier molecular flexibility index (Phi) is 3.80. The number of carbonyl (C=O) groups is 2. The molecule has 2 rings (SSSR count). The summed E-state index contributed by atoms with van der Waals surface area (Å²) >= 11 is 0. The molecule has 2 aliphatic rings. The number of alkyl halides is 3. The maximum Gasteiger partial charge on any atom is 0.422 e. The summed E-state index contributed by atoms with van der Waals surface area (Å²) in [6.07, 6.45) is -3.76. The molecule has 2 aliphatic carbocycles. The average molecular weight is 292 g/mol. The standard InChI is InChI=1S/C13H15F3O4/c1-6(13(14,15)16)11(17)20-10-5-7-3-8(10)4-9(7)12(18)19-2/h7-10H,1,3-5H2,2H3. The summed E-state index contributed by atoms with van der Waals surface area (Å²) < 4.78 is 46.5. The minimum Gasteiger partial charge on any atom is -0.469 e. The van der Waals surface area contributed by atoms with Gasteiger partial charge >= 0.3 is 18.1 Å². The fraction of sp³-hybridized carbons (Fsp3) is 0.692. The molecule has 0 aliphatic heterocycles. The summed E-state index contributed by atoms with van der Waals surface area (Å²) in [6, 6.07) is 0. The van der Waals surface area contributed by atoms with Gasteiger partial charge in [-0.2, -0.15) is 13.2 Å². The van der Waals surface area contributed by atoms with Crippen LogP contribution in [0.5, 0.6) is 0 Å². The lowest BCUT2D eigenvalue weighted by Gasteiger charge is -2.26. The van der Waals surface area contributed by atoms with Gasteiger partial charge in [0.2, 0.25) is 0 Å². The highest BCUT2D eigenvalue weighted by Gasteiger charge is 2.51. The van der Waals surface area contributed by atoms with Gasteiger partial charge in [0.1, 0.15) is 11.7 Å². The highest BCUT2D eigenvalue weighted by molar-refractivity contribution is 5.89. The number of methoxy groups -OCH3 is 1. The van der Waals surface area contributed by atoms with Crippen molar-refractivity contribution in [2.45, 2.75) is 31.5 Å². The molecule has 20 heavy (non-hydrogen) atoms. The van der Waals surface area contributed by atoms with Gasteiger partial charge in [-0.25, -0.2) is 4.79 Å². The van der Waals surface area contributed by atoms with Crippen molar-refractivity contribution in [1.82, 2.24) is 0 Å². The fourth-order valence-corrected chi connectivity index (χ4v) is 3.13. The predicted octanol–water partition coefficient (Wildman–Crippen LogP) is 2.24. The summed E-state index contributed by atoms with van der Waals surface area (Å²) in [4.78, 5) is 22.8. The summed E-state index contributed by atoms with van der Waals surface area (Å²) in [5.41, 5.74) is -1.50. The largest absolute Gasteiger partial charge is 0.469 e. The predicted molar refractivity (Wildman–Crippen MR) is 61.4 cm³/mol. The number of esters is 2. The zero-order chi connectivity index (χ0) is 15.1. The van der Waals surface area contributed by atoms with Crippen LogP contribution in [-0.2, 0) is 19.1 Å². The van der Waals surface area contributed by atoms with E-state index in [2.05, 4.69) is 11.3 Å². The van der Waals surface area contributed by atoms with Crippen molar-refractivity contribution < 1.29 is 32.2 Å². The molecular formula is C13H15F3O4. The Balaban J connectivity index is 1.92. The van der Waals surface area contributed by atoms with E-state index in [0.717, 1.165) is 0 Å². The minimum absolute atomic E-state index is 0.0180. The van der Waals surface area contributed by atoms with Crippen molar-refractivity contribution in [3.05, 3.63) is 12.2 Å². The molecule has 2 bridgehead atoms. The molecule has 112 valence electrons. The topological polar surface area (TPSA) is 52.6 Å². The number of hydrogen-bond donors (Lipinski definition) is 0. The summed E-state index contributed by atoms with van der Waals surface area (Å²) in [5.74, 6) is -2.02. The highest BCUT2D eigenvalue weighted by Crippen LogP contribution is 2.50. The van der Waals surface area contributed by atoms with Gasteiger partial charge in [0, 0.05) is 0 Å². The van der Waals surface area contributed by atoms with E-state index in [1.165, 1.54) is 7.11 Å². The van der Waals surface area contributed by atoms with Gasteiger partial charge in [-0.3, -0.25) is 4.79 Å². The van der Waals surface area contributed by atoms with Crippen LogP contribution in [0.1, 0.15) is 19.3 Å². The van der Waals surface area contributed by atoms with Crippen molar-refractivity contribution in [1.29, 1.82) is 0 Å². The Morgan fingerprint density at radius 3 is 2.25 bits per heavy atom. The van der Waals surface area contributed by atoms with Crippen LogP contribution in [0.2, 0.25) is 0 Å². The van der Waals surface area contributed by atoms with E-state index in [1.54, 1.807) is 0 Å². The third-order valence-corrected chi connectivity index (χ3v) is 4.14. The van der Waals surface area contributed by atoms with Gasteiger partial charge in [0.15, 0.2) is 0 Å². The molecule has 0 heterocycles. The quantitative estimate of drug-likeness (QED) is 0.591. The number of halogens is 3. The Labute approximate surface area is 113 Å². The Morgan fingerprint density at radius 2 is 1.80 bits per heavy atom. The first-order chi connectivity index (χ1) is 9.24. The highest BCUT2D eigenvalue weighted by atomic mass is 19.4. The molecule has 0 amide bonds. The van der Waals surface area contributed by atoms with Crippen LogP contribution in [0.25, 0.3) is 0 Å². The van der Waals surface area contributed by atoms with Crippen LogP contribution >= 0.6 is 0 Å². The van der Waals surface area contributed by atoms with E-state index in [0.29, 0.717) is 19.3 Å². The van der Waals surface area contributed by atoms with Crippen molar-refractivity contribution in [3.63, 3.8) is 0 Å². The first-order valence-corrected chi connectivity index (χ1v) is 6.29. The maximum absolute atomic E-state index is 12.3. The number of carbonyl (C=O) groups excluding carboxylic acids is 2. The smallest absolute Gasteiger partial charge is 0.422 e. The van der Waals surface area contributed by atoms with Crippen molar-refractivity contribution >= 4 is 11.9 Å². The molecule has 0 N–H and O–H groups in total. The second-order valence-corrected chi connectivity index (χ2v) is 5.28. The van der Waals surface area contributed by atoms with Gasteiger partial charge in [0.05, 0.1) is 13.0 Å². The van der Waals surface area contributed by atoms with Crippen molar-refractivity contribution in [2.24, 2.45) is 17.8 Å². The second-order valence-electron chi connectivity index (χ2n) is 5.28. The molecule has 4 atom stereocenters. The van der Waals surface area contributed by atoms with Crippen LogP contribution in [0.4, 0.5) is 13.2 Å². The molecule has 2 saturated carbocycles. The molecule has 0 saturated heterocycles. The molecule has 0 aromatic heterocycles. The van der Waals surface area contributed by atoms with E-state index in [9.17, 15) is 22.8 Å². The van der Waals surface area contributed by atoms with Crippen LogP contribution in [0, 0.1) is 17.8 Å². The number of ether oxygens (including phenoxy) is 2. The van der Waals surface area contributed by atoms with Crippen LogP contribution < -0.4 is 0 Å². The Bertz CT molecular complexity index is 443. The van der Waals surface area contributed by atoms with E-state index in [1.807, 2.05) is 0 Å². The van der Waals surface area contributed by atoms with Gasteiger partial charge in [-0.1, -0.05) is 6.58 Å². The lowest BCUT2D eigenvalue weighted by atomic mass is 9.87. The van der Waals surface area contributed by atoms with Gasteiger partial charge in [-0.15, -0.1) is 0 Å². The first kappa shape index (κ1) is 14.9. The molecule has 0 aromatic rings. The van der Waals surface area contributed by atoms with Gasteiger partial charge in [-0.05, 0) is 31.1 Å². The molecule has 4 nitrogen and oxygen atoms in total. The first-order valence-electron chi connectivity index (χ1n) is 6.29. The molecule has 0 radical (unpaired) electrons. The van der Waals surface area contributed by atoms with Crippen LogP contribution in [0.15, 0.2) is 12.2 Å². The van der Waals surface area contributed by atoms with Gasteiger partial charge in [0.25, 0.3) is 0 Å². The zero-order valence-electron chi connectivity index (χ0n) is 10.9. The number of fused-ring (bicyclic) bond motifs is 2. The third-order valence-electron chi connectivity index (χ3n) is 4.14. The van der Waals surface area contributed by atoms with Crippen LogP contribution in [0.3, 0.4) is 0 Å². The minimum atomic E-state index is -4.77. The molecule has 0 spiro atoms. The molecule has 2 fully saturated rings. The zero-order valence-corrected chi connectivity index (χ0v) is 10.9. The second kappa shape index (κ2) is 5.10. The SMILES string of the molecule is C=C(C(=O)OC1CC2CC1CC2C(=O)OC)C(F)(F)F. The average Bonchev–Trinajstić information content (AvgIpc) is 2.95. The van der Waals surface area contributed by atoms with E-state index in [4.69, 9.17) is 4.74 Å². The number of rotatable bonds is 3. The molecular weight excluding hydrogens is 277 g/mol. The van der Waals surface area contributed by atoms with Gasteiger partial charge < -0.3 is 9.47 Å². The van der Waals surface area contributed by atoms with E-state index < -0.39 is 23.8 Å². The van der Waals surface area contributed by atoms with Crippen molar-refractivity contribution in [3.8, 4) is 0 Å². The summed E-state index contributed by atoms with van der Waals surface area (Å²) in [5, 5.41) is 0. The monoisotopic (exact) mass is 292 g/mol. The third kappa shape index (κ3) is 2.66. The molecule has 7 heteroatoms. The van der Waals surface area contributed by atoms with Crippen molar-refractivity contribution in [2.75, 3.05) is 7.11 Å². The summed E-state index contributed by atoms with van der Waals surface area (Å²) in [6.45, 7) is 2.71. The lowest BCUT2D eigenvalue weighted by molar-refractivity contribution is -0.158. The molecule has 0 aromatic carbocycles. The van der Waals surface area contributed by atoms with Crippen LogP contribution in [-0.4, -0.2) is 31.3 Å². The lowest BCUT2D eigenvalue weighted by Crippen LogP contribution is -2.32. The number of hydrogen-bond acceptors (Lipinski definition) is 4. The van der Waals surface area contributed by atoms with E-state index in [-0.39, 0.29) is 23.7 Å². The fourth-order valence-electron chi connectivity index (χ4n) is 3.13. The summed E-state index contributed by atoms with van der Waals surface area (Å²) in [7, 11) is 1.30. The van der Waals surface area contributed by atoms with E-state index >= 15 is 0 Å². The Hall–Kier alpha value is -1.53. The normalized spacial score (nSPS) is 32.0. The Morgan fingerprint density at radius 1 is 1.15 bits per heavy atom. The maximum atomic E-state index is 12.3. The molecule has 4 unspecified atom stereocenters.